The lowest BCUT2D eigenvalue weighted by atomic mass is 9.72. The van der Waals surface area contributed by atoms with E-state index in [2.05, 4.69) is 11.4 Å². The molecule has 0 amide bonds. The van der Waals surface area contributed by atoms with Crippen LogP contribution in [-0.4, -0.2) is 25.5 Å². The van der Waals surface area contributed by atoms with Gasteiger partial charge in [-0.1, -0.05) is 24.3 Å². The zero-order valence-electron chi connectivity index (χ0n) is 17.4. The fraction of sp³-hybridized carbons (Fsp3) is 0.333. The summed E-state index contributed by atoms with van der Waals surface area (Å²) in [6, 6.07) is 11.7. The highest BCUT2D eigenvalue weighted by molar-refractivity contribution is 7.10. The first-order valence-electron chi connectivity index (χ1n) is 10.1. The maximum atomic E-state index is 13.4. The van der Waals surface area contributed by atoms with Gasteiger partial charge in [-0.2, -0.15) is 0 Å². The summed E-state index contributed by atoms with van der Waals surface area (Å²) < 4.78 is 11.0. The van der Waals surface area contributed by atoms with Crippen molar-refractivity contribution < 1.29 is 19.1 Å². The zero-order valence-corrected chi connectivity index (χ0v) is 18.2. The number of rotatable bonds is 5. The maximum absolute atomic E-state index is 13.4. The molecule has 0 bridgehead atoms. The summed E-state index contributed by atoms with van der Waals surface area (Å²) in [5.74, 6) is -0.0447. The van der Waals surface area contributed by atoms with Gasteiger partial charge in [0.25, 0.3) is 0 Å². The predicted molar refractivity (Wildman–Crippen MR) is 117 cm³/mol. The predicted octanol–water partition coefficient (Wildman–Crippen LogP) is 4.68. The Morgan fingerprint density at radius 2 is 2.00 bits per heavy atom. The zero-order chi connectivity index (χ0) is 21.3. The van der Waals surface area contributed by atoms with Gasteiger partial charge < -0.3 is 14.8 Å². The number of esters is 1. The van der Waals surface area contributed by atoms with Gasteiger partial charge in [-0.25, -0.2) is 4.79 Å². The summed E-state index contributed by atoms with van der Waals surface area (Å²) in [4.78, 5) is 27.6. The van der Waals surface area contributed by atoms with Crippen molar-refractivity contribution in [1.82, 2.24) is 5.32 Å². The van der Waals surface area contributed by atoms with E-state index in [0.29, 0.717) is 23.3 Å². The quantitative estimate of drug-likeness (QED) is 0.708. The van der Waals surface area contributed by atoms with E-state index in [1.165, 1.54) is 4.88 Å². The van der Waals surface area contributed by atoms with Crippen molar-refractivity contribution in [2.75, 3.05) is 13.7 Å². The second-order valence-electron chi connectivity index (χ2n) is 7.50. The van der Waals surface area contributed by atoms with Gasteiger partial charge >= 0.3 is 5.97 Å². The van der Waals surface area contributed by atoms with Crippen LogP contribution in [0.15, 0.2) is 64.3 Å². The molecule has 1 aromatic heterocycles. The molecule has 6 heteroatoms. The molecule has 0 saturated carbocycles. The van der Waals surface area contributed by atoms with Gasteiger partial charge in [0, 0.05) is 39.7 Å². The second kappa shape index (κ2) is 8.48. The highest BCUT2D eigenvalue weighted by atomic mass is 32.1. The van der Waals surface area contributed by atoms with Crippen LogP contribution in [0.3, 0.4) is 0 Å². The summed E-state index contributed by atoms with van der Waals surface area (Å²) in [6.45, 7) is 3.93. The Morgan fingerprint density at radius 1 is 1.20 bits per heavy atom. The lowest BCUT2D eigenvalue weighted by molar-refractivity contribution is -0.138. The Hall–Kier alpha value is -2.86. The smallest absolute Gasteiger partial charge is 0.336 e. The van der Waals surface area contributed by atoms with Crippen molar-refractivity contribution in [2.24, 2.45) is 0 Å². The normalized spacial score (nSPS) is 21.2. The van der Waals surface area contributed by atoms with E-state index in [0.717, 1.165) is 23.4 Å². The molecule has 1 aromatic carbocycles. The van der Waals surface area contributed by atoms with Gasteiger partial charge in [0.05, 0.1) is 25.2 Å². The Morgan fingerprint density at radius 3 is 2.70 bits per heavy atom. The minimum atomic E-state index is -0.506. The largest absolute Gasteiger partial charge is 0.496 e. The molecule has 0 fully saturated rings. The first-order chi connectivity index (χ1) is 14.5. The average Bonchev–Trinajstić information content (AvgIpc) is 3.27. The number of carbonyl (C=O) groups is 2. The number of nitrogens with one attached hydrogen (secondary N) is 1. The van der Waals surface area contributed by atoms with E-state index in [1.54, 1.807) is 25.4 Å². The fourth-order valence-corrected chi connectivity index (χ4v) is 5.29. The van der Waals surface area contributed by atoms with Crippen LogP contribution in [0, 0.1) is 0 Å². The van der Waals surface area contributed by atoms with Gasteiger partial charge in [-0.3, -0.25) is 4.79 Å². The van der Waals surface area contributed by atoms with Crippen LogP contribution in [0.25, 0.3) is 0 Å². The van der Waals surface area contributed by atoms with E-state index < -0.39 is 11.9 Å². The van der Waals surface area contributed by atoms with E-state index >= 15 is 0 Å². The molecule has 5 nitrogen and oxygen atoms in total. The Labute approximate surface area is 180 Å². The third-order valence-corrected chi connectivity index (χ3v) is 6.75. The van der Waals surface area contributed by atoms with Gasteiger partial charge in [0.15, 0.2) is 5.78 Å². The number of ether oxygens (including phenoxy) is 2. The molecule has 4 rings (SSSR count). The third-order valence-electron chi connectivity index (χ3n) is 5.72. The number of hydrogen-bond donors (Lipinski definition) is 1. The molecule has 2 atom stereocenters. The number of methoxy groups -OCH3 is 1. The molecular weight excluding hydrogens is 398 g/mol. The van der Waals surface area contributed by atoms with Crippen LogP contribution in [0.5, 0.6) is 5.75 Å². The van der Waals surface area contributed by atoms with Crippen LogP contribution < -0.4 is 10.1 Å². The van der Waals surface area contributed by atoms with E-state index in [9.17, 15) is 9.59 Å². The third kappa shape index (κ3) is 3.56. The second-order valence-corrected chi connectivity index (χ2v) is 8.47. The first-order valence-corrected chi connectivity index (χ1v) is 11.0. The molecule has 2 aromatic rings. The lowest BCUT2D eigenvalue weighted by Gasteiger charge is -2.36. The molecule has 1 aliphatic heterocycles. The van der Waals surface area contributed by atoms with Crippen LogP contribution >= 0.6 is 11.3 Å². The number of allylic oxidation sites excluding steroid dienone is 3. The van der Waals surface area contributed by atoms with E-state index in [-0.39, 0.29) is 18.3 Å². The number of ketones is 1. The number of Topliss-reactive ketones (excluding diaryl/α,β-unsaturated/α-hetero) is 1. The van der Waals surface area contributed by atoms with Gasteiger partial charge in [-0.15, -0.1) is 11.3 Å². The Kier molecular flexibility index (Phi) is 5.77. The maximum Gasteiger partial charge on any atom is 0.336 e. The molecule has 0 unspecified atom stereocenters. The molecular formula is C24H25NO4S. The van der Waals surface area contributed by atoms with E-state index in [4.69, 9.17) is 9.47 Å². The van der Waals surface area contributed by atoms with Crippen molar-refractivity contribution in [3.63, 3.8) is 0 Å². The summed E-state index contributed by atoms with van der Waals surface area (Å²) >= 11 is 1.68. The molecule has 30 heavy (non-hydrogen) atoms. The molecule has 2 aliphatic rings. The van der Waals surface area contributed by atoms with Gasteiger partial charge in [0.1, 0.15) is 5.75 Å². The van der Waals surface area contributed by atoms with Gasteiger partial charge in [0.2, 0.25) is 0 Å². The number of carbonyl (C=O) groups excluding carboxylic acids is 2. The van der Waals surface area contributed by atoms with Crippen LogP contribution in [0.2, 0.25) is 0 Å². The Balaban J connectivity index is 1.85. The standard InChI is InChI=1S/C24H25NO4S/c1-4-29-24(27)21-14(2)25-17-12-15(20-10-7-11-30-20)13-18(26)23(17)22(21)16-8-5-6-9-19(16)28-3/h5-11,15,22,25H,4,12-13H2,1-3H3/t15-,22+/m0/s1. The molecule has 1 aliphatic carbocycles. The molecule has 2 heterocycles. The van der Waals surface area contributed by atoms with Crippen molar-refractivity contribution in [3.8, 4) is 5.75 Å². The number of thiophene rings is 1. The van der Waals surface area contributed by atoms with Crippen molar-refractivity contribution in [1.29, 1.82) is 0 Å². The van der Waals surface area contributed by atoms with Crippen LogP contribution in [-0.2, 0) is 14.3 Å². The minimum absolute atomic E-state index is 0.0624. The van der Waals surface area contributed by atoms with Crippen molar-refractivity contribution >= 4 is 23.1 Å². The summed E-state index contributed by atoms with van der Waals surface area (Å²) in [6.07, 6.45) is 1.17. The highest BCUT2D eigenvalue weighted by Crippen LogP contribution is 2.48. The monoisotopic (exact) mass is 423 g/mol. The van der Waals surface area contributed by atoms with Crippen molar-refractivity contribution in [3.05, 3.63) is 74.8 Å². The molecule has 0 spiro atoms. The minimum Gasteiger partial charge on any atom is -0.496 e. The number of para-hydroxylation sites is 1. The summed E-state index contributed by atoms with van der Waals surface area (Å²) in [5.41, 5.74) is 3.55. The molecule has 156 valence electrons. The summed E-state index contributed by atoms with van der Waals surface area (Å²) in [5, 5.41) is 5.41. The number of hydrogen-bond acceptors (Lipinski definition) is 6. The van der Waals surface area contributed by atoms with E-state index in [1.807, 2.05) is 42.6 Å². The fourth-order valence-electron chi connectivity index (χ4n) is 4.46. The number of benzene rings is 1. The molecule has 0 radical (unpaired) electrons. The Bertz CT molecular complexity index is 1040. The summed E-state index contributed by atoms with van der Waals surface area (Å²) in [7, 11) is 1.60. The topological polar surface area (TPSA) is 64.6 Å². The molecule has 1 N–H and O–H groups in total. The lowest BCUT2D eigenvalue weighted by Crippen LogP contribution is -2.36. The highest BCUT2D eigenvalue weighted by Gasteiger charge is 2.42. The first kappa shape index (κ1) is 20.4. The number of dihydropyridines is 1. The van der Waals surface area contributed by atoms with Gasteiger partial charge in [-0.05, 0) is 37.8 Å². The molecule has 0 saturated heterocycles. The average molecular weight is 424 g/mol. The van der Waals surface area contributed by atoms with Crippen LogP contribution in [0.4, 0.5) is 0 Å². The SMILES string of the molecule is CCOC(=O)C1=C(C)NC2=C(C(=O)C[C@@H](c3cccs3)C2)[C@@H]1c1ccccc1OC. The van der Waals surface area contributed by atoms with Crippen molar-refractivity contribution in [2.45, 2.75) is 38.5 Å². The van der Waals surface area contributed by atoms with Crippen LogP contribution in [0.1, 0.15) is 49.0 Å².